The number of nitro groups is 1. The number of anilines is 2. The Hall–Kier alpha value is -4.08. The summed E-state index contributed by atoms with van der Waals surface area (Å²) in [7, 11) is 0. The molecule has 0 saturated carbocycles. The van der Waals surface area contributed by atoms with Crippen LogP contribution in [0.4, 0.5) is 17.3 Å². The predicted octanol–water partition coefficient (Wildman–Crippen LogP) is 2.46. The smallest absolute Gasteiger partial charge is 0.354 e. The predicted molar refractivity (Wildman–Crippen MR) is 103 cm³/mol. The zero-order chi connectivity index (χ0) is 19.9. The second kappa shape index (κ2) is 8.54. The minimum absolute atomic E-state index is 0.0245. The number of nitrogens with one attached hydrogen (secondary N) is 3. The highest BCUT2D eigenvalue weighted by atomic mass is 16.6. The van der Waals surface area contributed by atoms with E-state index in [1.54, 1.807) is 43.6 Å². The van der Waals surface area contributed by atoms with E-state index < -0.39 is 10.8 Å². The molecule has 142 valence electrons. The van der Waals surface area contributed by atoms with Crippen LogP contribution in [-0.2, 0) is 6.54 Å². The fourth-order valence-electron chi connectivity index (χ4n) is 2.47. The van der Waals surface area contributed by atoms with Crippen LogP contribution in [0.5, 0.6) is 0 Å². The van der Waals surface area contributed by atoms with Gasteiger partial charge in [-0.2, -0.15) is 0 Å². The average Bonchev–Trinajstić information content (AvgIpc) is 2.71. The molecule has 1 amide bonds. The van der Waals surface area contributed by atoms with Gasteiger partial charge in [-0.3, -0.25) is 30.7 Å². The lowest BCUT2D eigenvalue weighted by Crippen LogP contribution is -2.30. The third kappa shape index (κ3) is 4.36. The lowest BCUT2D eigenvalue weighted by atomic mass is 10.1. The minimum atomic E-state index is -0.617. The molecule has 0 unspecified atom stereocenters. The molecule has 0 aliphatic heterocycles. The van der Waals surface area contributed by atoms with Crippen LogP contribution in [0, 0.1) is 17.0 Å². The van der Waals surface area contributed by atoms with E-state index in [4.69, 9.17) is 0 Å². The molecule has 1 aromatic carbocycles. The normalized spacial score (nSPS) is 10.2. The van der Waals surface area contributed by atoms with Crippen molar-refractivity contribution in [3.05, 3.63) is 81.9 Å². The molecule has 0 bridgehead atoms. The van der Waals surface area contributed by atoms with Crippen molar-refractivity contribution in [2.24, 2.45) is 0 Å². The van der Waals surface area contributed by atoms with Crippen LogP contribution in [0.25, 0.3) is 0 Å². The Morgan fingerprint density at radius 3 is 2.64 bits per heavy atom. The van der Waals surface area contributed by atoms with Crippen LogP contribution in [0.1, 0.15) is 21.5 Å². The van der Waals surface area contributed by atoms with Gasteiger partial charge in [-0.25, -0.2) is 9.97 Å². The molecule has 0 spiro atoms. The first-order valence-electron chi connectivity index (χ1n) is 8.30. The number of aryl methyl sites for hydroxylation is 1. The maximum Gasteiger partial charge on any atom is 0.354 e. The number of benzene rings is 1. The number of pyridine rings is 1. The summed E-state index contributed by atoms with van der Waals surface area (Å²) in [5, 5.41) is 14.4. The number of hydrogen-bond donors (Lipinski definition) is 3. The van der Waals surface area contributed by atoms with Crippen LogP contribution < -0.4 is 16.2 Å². The van der Waals surface area contributed by atoms with Gasteiger partial charge in [0.25, 0.3) is 5.91 Å². The number of aromatic nitrogens is 3. The van der Waals surface area contributed by atoms with E-state index in [0.717, 1.165) is 11.1 Å². The van der Waals surface area contributed by atoms with Gasteiger partial charge < -0.3 is 5.32 Å². The number of carbonyl (C=O) groups is 1. The number of rotatable bonds is 7. The van der Waals surface area contributed by atoms with Crippen LogP contribution >= 0.6 is 0 Å². The van der Waals surface area contributed by atoms with Crippen LogP contribution in [-0.4, -0.2) is 25.8 Å². The summed E-state index contributed by atoms with van der Waals surface area (Å²) >= 11 is 0. The van der Waals surface area contributed by atoms with Crippen molar-refractivity contribution in [1.29, 1.82) is 0 Å². The molecule has 2 heterocycles. The molecule has 3 rings (SSSR count). The van der Waals surface area contributed by atoms with E-state index in [-0.39, 0.29) is 17.3 Å². The maximum atomic E-state index is 12.3. The van der Waals surface area contributed by atoms with Crippen LogP contribution in [0.3, 0.4) is 0 Å². The fraction of sp³-hybridized carbons (Fsp3) is 0.111. The number of amides is 1. The van der Waals surface area contributed by atoms with Gasteiger partial charge in [0, 0.05) is 24.5 Å². The number of hydrogen-bond acceptors (Lipinski definition) is 8. The Labute approximate surface area is 160 Å². The van der Waals surface area contributed by atoms with Crippen molar-refractivity contribution in [2.45, 2.75) is 13.5 Å². The molecular weight excluding hydrogens is 362 g/mol. The standard InChI is InChI=1S/C18H17N7O3/c1-12-5-2-3-7-14(12)18(26)24-23-17-15(25(27)28)16(21-11-22-17)20-10-13-6-4-8-19-9-13/h2-9,11H,10H2,1H3,(H,24,26)(H2,20,21,22,23). The van der Waals surface area contributed by atoms with Gasteiger partial charge in [-0.1, -0.05) is 24.3 Å². The quantitative estimate of drug-likeness (QED) is 0.421. The highest BCUT2D eigenvalue weighted by Crippen LogP contribution is 2.28. The number of nitrogens with zero attached hydrogens (tertiary/aromatic N) is 4. The van der Waals surface area contributed by atoms with Crippen LogP contribution in [0.2, 0.25) is 0 Å². The Balaban J connectivity index is 1.76. The summed E-state index contributed by atoms with van der Waals surface area (Å²) in [6.45, 7) is 2.09. The molecule has 0 aliphatic rings. The van der Waals surface area contributed by atoms with Gasteiger partial charge in [-0.05, 0) is 30.2 Å². The first kappa shape index (κ1) is 18.7. The number of carbonyl (C=O) groups excluding carboxylic acids is 1. The monoisotopic (exact) mass is 379 g/mol. The van der Waals surface area contributed by atoms with E-state index in [0.29, 0.717) is 12.1 Å². The summed E-state index contributed by atoms with van der Waals surface area (Å²) in [6, 6.07) is 10.6. The third-order valence-corrected chi connectivity index (χ3v) is 3.87. The van der Waals surface area contributed by atoms with Gasteiger partial charge in [0.05, 0.1) is 4.92 Å². The Morgan fingerprint density at radius 1 is 1.14 bits per heavy atom. The van der Waals surface area contributed by atoms with Crippen LogP contribution in [0.15, 0.2) is 55.1 Å². The summed E-state index contributed by atoms with van der Waals surface area (Å²) in [6.07, 6.45) is 4.44. The fourth-order valence-corrected chi connectivity index (χ4v) is 2.47. The van der Waals surface area contributed by atoms with Crippen molar-refractivity contribution in [2.75, 3.05) is 10.7 Å². The largest absolute Gasteiger partial charge is 0.360 e. The highest BCUT2D eigenvalue weighted by molar-refractivity contribution is 5.96. The molecule has 28 heavy (non-hydrogen) atoms. The minimum Gasteiger partial charge on any atom is -0.360 e. The Kier molecular flexibility index (Phi) is 5.70. The Bertz CT molecular complexity index is 995. The van der Waals surface area contributed by atoms with E-state index in [9.17, 15) is 14.9 Å². The summed E-state index contributed by atoms with van der Waals surface area (Å²) in [5.41, 5.74) is 6.62. The molecule has 0 atom stereocenters. The topological polar surface area (TPSA) is 135 Å². The van der Waals surface area contributed by atoms with E-state index in [1.165, 1.54) is 6.33 Å². The van der Waals surface area contributed by atoms with Crippen molar-refractivity contribution in [3.63, 3.8) is 0 Å². The zero-order valence-electron chi connectivity index (χ0n) is 14.9. The Morgan fingerprint density at radius 2 is 1.93 bits per heavy atom. The van der Waals surface area contributed by atoms with Crippen molar-refractivity contribution in [3.8, 4) is 0 Å². The molecule has 3 N–H and O–H groups in total. The number of hydrazine groups is 1. The SMILES string of the molecule is Cc1ccccc1C(=O)NNc1ncnc(NCc2cccnc2)c1[N+](=O)[O-]. The molecule has 2 aromatic heterocycles. The third-order valence-electron chi connectivity index (χ3n) is 3.87. The van der Waals surface area contributed by atoms with E-state index in [1.807, 2.05) is 12.1 Å². The van der Waals surface area contributed by atoms with Crippen molar-refractivity contribution >= 4 is 23.2 Å². The average molecular weight is 379 g/mol. The van der Waals surface area contributed by atoms with Gasteiger partial charge in [0.1, 0.15) is 6.33 Å². The summed E-state index contributed by atoms with van der Waals surface area (Å²) in [4.78, 5) is 35.0. The lowest BCUT2D eigenvalue weighted by molar-refractivity contribution is -0.383. The molecule has 10 heteroatoms. The summed E-state index contributed by atoms with van der Waals surface area (Å²) < 4.78 is 0. The molecule has 0 aliphatic carbocycles. The maximum absolute atomic E-state index is 12.3. The first-order chi connectivity index (χ1) is 13.6. The van der Waals surface area contributed by atoms with Crippen molar-refractivity contribution in [1.82, 2.24) is 20.4 Å². The van der Waals surface area contributed by atoms with E-state index in [2.05, 4.69) is 31.1 Å². The zero-order valence-corrected chi connectivity index (χ0v) is 14.9. The van der Waals surface area contributed by atoms with Gasteiger partial charge >= 0.3 is 5.69 Å². The lowest BCUT2D eigenvalue weighted by Gasteiger charge is -2.11. The molecule has 0 saturated heterocycles. The molecule has 0 radical (unpaired) electrons. The van der Waals surface area contributed by atoms with E-state index >= 15 is 0 Å². The van der Waals surface area contributed by atoms with Gasteiger partial charge in [-0.15, -0.1) is 0 Å². The second-order valence-electron chi connectivity index (χ2n) is 5.79. The van der Waals surface area contributed by atoms with Crippen molar-refractivity contribution < 1.29 is 9.72 Å². The molecule has 3 aromatic rings. The summed E-state index contributed by atoms with van der Waals surface area (Å²) in [5.74, 6) is -0.539. The molecule has 0 fully saturated rings. The van der Waals surface area contributed by atoms with Gasteiger partial charge in [0.15, 0.2) is 0 Å². The van der Waals surface area contributed by atoms with Gasteiger partial charge in [0.2, 0.25) is 11.6 Å². The highest BCUT2D eigenvalue weighted by Gasteiger charge is 2.23. The molecule has 10 nitrogen and oxygen atoms in total. The molecular formula is C18H17N7O3. The first-order valence-corrected chi connectivity index (χ1v) is 8.30. The second-order valence-corrected chi connectivity index (χ2v) is 5.79.